The van der Waals surface area contributed by atoms with Crippen molar-refractivity contribution < 1.29 is 32.1 Å². The Kier molecular flexibility index (Phi) is 7.00. The summed E-state index contributed by atoms with van der Waals surface area (Å²) in [5.74, 6) is -1.77. The second-order valence-electron chi connectivity index (χ2n) is 5.36. The normalized spacial score (nSPS) is 12.9. The Morgan fingerprint density at radius 1 is 1.07 bits per heavy atom. The number of halogens is 2. The highest BCUT2D eigenvalue weighted by molar-refractivity contribution is 7.84. The largest absolute Gasteiger partial charge is 0.449 e. The lowest BCUT2D eigenvalue weighted by molar-refractivity contribution is -0.123. The molecule has 2 rings (SSSR count). The zero-order valence-electron chi connectivity index (χ0n) is 14.5. The Balaban J connectivity index is 2.09. The van der Waals surface area contributed by atoms with Crippen LogP contribution in [0.3, 0.4) is 0 Å². The van der Waals surface area contributed by atoms with Crippen LogP contribution in [0.1, 0.15) is 17.3 Å². The fourth-order valence-electron chi connectivity index (χ4n) is 2.17. The first-order valence-electron chi connectivity index (χ1n) is 7.77. The number of rotatable bonds is 7. The van der Waals surface area contributed by atoms with E-state index in [-0.39, 0.29) is 21.9 Å². The number of para-hydroxylation sites is 2. The predicted molar refractivity (Wildman–Crippen MR) is 95.4 cm³/mol. The van der Waals surface area contributed by atoms with Crippen LogP contribution >= 0.6 is 0 Å². The average molecular weight is 397 g/mol. The Labute approximate surface area is 156 Å². The molecule has 27 heavy (non-hydrogen) atoms. The van der Waals surface area contributed by atoms with E-state index in [0.717, 1.165) is 0 Å². The van der Waals surface area contributed by atoms with Crippen LogP contribution in [0.4, 0.5) is 14.5 Å². The molecule has 0 bridgehead atoms. The van der Waals surface area contributed by atoms with Gasteiger partial charge in [-0.1, -0.05) is 24.3 Å². The first-order chi connectivity index (χ1) is 12.8. The molecule has 0 aliphatic rings. The third-order valence-corrected chi connectivity index (χ3v) is 4.41. The van der Waals surface area contributed by atoms with Gasteiger partial charge in [-0.05, 0) is 31.2 Å². The van der Waals surface area contributed by atoms with Gasteiger partial charge in [0.2, 0.25) is 0 Å². The van der Waals surface area contributed by atoms with Gasteiger partial charge in [-0.2, -0.15) is 8.78 Å². The topological polar surface area (TPSA) is 81.7 Å². The molecule has 0 radical (unpaired) electrons. The number of ether oxygens (including phenoxy) is 2. The molecule has 0 saturated heterocycles. The van der Waals surface area contributed by atoms with E-state index in [1.54, 1.807) is 12.1 Å². The number of benzene rings is 2. The summed E-state index contributed by atoms with van der Waals surface area (Å²) in [6.45, 7) is -1.72. The van der Waals surface area contributed by atoms with Gasteiger partial charge in [0.25, 0.3) is 5.91 Å². The summed E-state index contributed by atoms with van der Waals surface area (Å²) in [6.07, 6.45) is 0.192. The van der Waals surface area contributed by atoms with E-state index >= 15 is 0 Å². The van der Waals surface area contributed by atoms with Crippen molar-refractivity contribution in [2.45, 2.75) is 24.5 Å². The lowest BCUT2D eigenvalue weighted by Crippen LogP contribution is -2.30. The highest BCUT2D eigenvalue weighted by atomic mass is 32.2. The number of nitrogens with one attached hydrogen (secondary N) is 1. The van der Waals surface area contributed by atoms with Gasteiger partial charge in [-0.3, -0.25) is 9.00 Å². The number of anilines is 1. The van der Waals surface area contributed by atoms with Gasteiger partial charge in [0.05, 0.1) is 26.9 Å². The summed E-state index contributed by atoms with van der Waals surface area (Å²) in [7, 11) is -1.42. The van der Waals surface area contributed by atoms with Gasteiger partial charge >= 0.3 is 12.6 Å². The Bertz CT molecular complexity index is 859. The monoisotopic (exact) mass is 397 g/mol. The number of alkyl halides is 2. The molecule has 2 aromatic carbocycles. The number of amides is 1. The molecule has 1 amide bonds. The second-order valence-corrected chi connectivity index (χ2v) is 6.71. The maximum atomic E-state index is 12.4. The Morgan fingerprint density at radius 2 is 1.70 bits per heavy atom. The van der Waals surface area contributed by atoms with Gasteiger partial charge in [0.1, 0.15) is 5.75 Å². The third kappa shape index (κ3) is 5.58. The van der Waals surface area contributed by atoms with Crippen LogP contribution in [-0.4, -0.2) is 35.1 Å². The van der Waals surface area contributed by atoms with Crippen LogP contribution in [0.2, 0.25) is 0 Å². The molecule has 0 unspecified atom stereocenters. The summed E-state index contributed by atoms with van der Waals surface area (Å²) in [6, 6.07) is 11.8. The molecule has 2 aromatic rings. The van der Waals surface area contributed by atoms with E-state index in [1.807, 2.05) is 0 Å². The SMILES string of the molecule is C[C@@H](OC(=O)c1ccccc1[S@](C)=O)C(=O)Nc1ccccc1OC(F)F. The molecule has 0 aromatic heterocycles. The van der Waals surface area contributed by atoms with Crippen LogP contribution in [0.5, 0.6) is 5.75 Å². The quantitative estimate of drug-likeness (QED) is 0.726. The van der Waals surface area contributed by atoms with Crippen molar-refractivity contribution in [3.63, 3.8) is 0 Å². The maximum Gasteiger partial charge on any atom is 0.387 e. The molecular weight excluding hydrogens is 380 g/mol. The number of hydrogen-bond acceptors (Lipinski definition) is 5. The molecule has 0 fully saturated rings. The zero-order chi connectivity index (χ0) is 20.0. The van der Waals surface area contributed by atoms with Crippen molar-refractivity contribution in [1.29, 1.82) is 0 Å². The van der Waals surface area contributed by atoms with E-state index in [4.69, 9.17) is 4.74 Å². The first-order valence-corrected chi connectivity index (χ1v) is 9.33. The van der Waals surface area contributed by atoms with Crippen molar-refractivity contribution in [2.75, 3.05) is 11.6 Å². The van der Waals surface area contributed by atoms with Gasteiger partial charge in [0, 0.05) is 6.26 Å². The van der Waals surface area contributed by atoms with Crippen molar-refractivity contribution in [1.82, 2.24) is 0 Å². The zero-order valence-corrected chi connectivity index (χ0v) is 15.3. The molecule has 144 valence electrons. The summed E-state index contributed by atoms with van der Waals surface area (Å²) >= 11 is 0. The number of hydrogen-bond donors (Lipinski definition) is 1. The lowest BCUT2D eigenvalue weighted by atomic mass is 10.2. The van der Waals surface area contributed by atoms with E-state index < -0.39 is 35.4 Å². The van der Waals surface area contributed by atoms with Gasteiger partial charge in [-0.25, -0.2) is 4.79 Å². The van der Waals surface area contributed by atoms with E-state index in [2.05, 4.69) is 10.1 Å². The molecule has 9 heteroatoms. The number of carbonyl (C=O) groups is 2. The molecule has 0 heterocycles. The van der Waals surface area contributed by atoms with Crippen LogP contribution in [0.15, 0.2) is 53.4 Å². The smallest absolute Gasteiger partial charge is 0.387 e. The molecule has 2 atom stereocenters. The van der Waals surface area contributed by atoms with E-state index in [1.165, 1.54) is 49.6 Å². The van der Waals surface area contributed by atoms with Gasteiger partial charge < -0.3 is 14.8 Å². The molecule has 6 nitrogen and oxygen atoms in total. The third-order valence-electron chi connectivity index (χ3n) is 3.43. The van der Waals surface area contributed by atoms with E-state index in [0.29, 0.717) is 0 Å². The minimum absolute atomic E-state index is 0.0146. The Morgan fingerprint density at radius 3 is 2.37 bits per heavy atom. The van der Waals surface area contributed by atoms with E-state index in [9.17, 15) is 22.6 Å². The van der Waals surface area contributed by atoms with Gasteiger partial charge in [0.15, 0.2) is 6.10 Å². The highest BCUT2D eigenvalue weighted by Gasteiger charge is 2.22. The summed E-state index contributed by atoms with van der Waals surface area (Å²) < 4.78 is 46.0. The fraction of sp³-hybridized carbons (Fsp3) is 0.222. The van der Waals surface area contributed by atoms with Gasteiger partial charge in [-0.15, -0.1) is 0 Å². The highest BCUT2D eigenvalue weighted by Crippen LogP contribution is 2.25. The number of carbonyl (C=O) groups excluding carboxylic acids is 2. The summed E-state index contributed by atoms with van der Waals surface area (Å²) in [4.78, 5) is 24.8. The summed E-state index contributed by atoms with van der Waals surface area (Å²) in [5.41, 5.74) is 0.0974. The molecule has 0 spiro atoms. The minimum Gasteiger partial charge on any atom is -0.449 e. The predicted octanol–water partition coefficient (Wildman–Crippen LogP) is 3.21. The van der Waals surface area contributed by atoms with Crippen molar-refractivity contribution >= 4 is 28.4 Å². The maximum absolute atomic E-state index is 12.4. The van der Waals surface area contributed by atoms with Crippen LogP contribution in [-0.2, 0) is 20.3 Å². The van der Waals surface area contributed by atoms with Crippen LogP contribution in [0.25, 0.3) is 0 Å². The molecular formula is C18H17F2NO5S. The van der Waals surface area contributed by atoms with Crippen LogP contribution < -0.4 is 10.1 Å². The fourth-order valence-corrected chi connectivity index (χ4v) is 2.90. The second kappa shape index (κ2) is 9.22. The minimum atomic E-state index is -3.05. The van der Waals surface area contributed by atoms with Crippen molar-refractivity contribution in [3.05, 3.63) is 54.1 Å². The molecule has 0 aliphatic carbocycles. The van der Waals surface area contributed by atoms with Crippen LogP contribution in [0, 0.1) is 0 Å². The average Bonchev–Trinajstić information content (AvgIpc) is 2.62. The van der Waals surface area contributed by atoms with Crippen molar-refractivity contribution in [3.8, 4) is 5.75 Å². The summed E-state index contributed by atoms with van der Waals surface area (Å²) in [5, 5.41) is 2.38. The molecule has 0 saturated carbocycles. The molecule has 0 aliphatic heterocycles. The standard InChI is InChI=1S/C18H17F2NO5S/c1-11(25-17(23)12-7-3-6-10-15(12)27(2)24)16(22)21-13-8-4-5-9-14(13)26-18(19)20/h3-11,18H,1-2H3,(H,21,22)/t11-,27+/m1/s1. The first kappa shape index (κ1) is 20.5. The Hall–Kier alpha value is -2.81. The molecule has 1 N–H and O–H groups in total. The van der Waals surface area contributed by atoms with Crippen molar-refractivity contribution in [2.24, 2.45) is 0 Å². The number of esters is 1. The lowest BCUT2D eigenvalue weighted by Gasteiger charge is -2.16.